The molecule has 2 aliphatic heterocycles. The predicted molar refractivity (Wildman–Crippen MR) is 105 cm³/mol. The summed E-state index contributed by atoms with van der Waals surface area (Å²) < 4.78 is 13.3. The van der Waals surface area contributed by atoms with Crippen LogP contribution in [0.15, 0.2) is 18.2 Å². The van der Waals surface area contributed by atoms with Gasteiger partial charge in [-0.15, -0.1) is 24.8 Å². The van der Waals surface area contributed by atoms with E-state index in [2.05, 4.69) is 15.5 Å². The van der Waals surface area contributed by atoms with Crippen LogP contribution in [0.4, 0.5) is 10.1 Å². The van der Waals surface area contributed by atoms with Crippen LogP contribution < -0.4 is 15.5 Å². The number of carbonyl (C=O) groups is 1. The highest BCUT2D eigenvalue weighted by atomic mass is 35.5. The number of nitrogens with zero attached hydrogens (tertiary/aromatic N) is 1. The van der Waals surface area contributed by atoms with E-state index in [1.807, 2.05) is 19.9 Å². The fraction of sp³-hybridized carbons (Fsp3) is 0.611. The van der Waals surface area contributed by atoms with E-state index in [0.29, 0.717) is 5.92 Å². The summed E-state index contributed by atoms with van der Waals surface area (Å²) in [4.78, 5) is 14.7. The molecule has 2 saturated heterocycles. The van der Waals surface area contributed by atoms with Gasteiger partial charge in [-0.3, -0.25) is 4.79 Å². The van der Waals surface area contributed by atoms with Crippen LogP contribution in [0.1, 0.15) is 25.3 Å². The van der Waals surface area contributed by atoms with Gasteiger partial charge in [0.1, 0.15) is 5.82 Å². The predicted octanol–water partition coefficient (Wildman–Crippen LogP) is 2.92. The average molecular weight is 392 g/mol. The second kappa shape index (κ2) is 9.60. The van der Waals surface area contributed by atoms with Crippen molar-refractivity contribution < 1.29 is 9.18 Å². The van der Waals surface area contributed by atoms with Gasteiger partial charge in [0.25, 0.3) is 0 Å². The molecule has 142 valence electrons. The minimum atomic E-state index is -0.198. The first-order valence-electron chi connectivity index (χ1n) is 8.57. The quantitative estimate of drug-likeness (QED) is 0.828. The fourth-order valence-electron chi connectivity index (χ4n) is 3.50. The van der Waals surface area contributed by atoms with Crippen molar-refractivity contribution in [3.63, 3.8) is 0 Å². The number of hydrogen-bond acceptors (Lipinski definition) is 3. The first-order valence-corrected chi connectivity index (χ1v) is 8.57. The molecule has 2 atom stereocenters. The molecule has 3 rings (SSSR count). The number of carbonyl (C=O) groups excluding carboxylic acids is 1. The lowest BCUT2D eigenvalue weighted by atomic mass is 9.88. The molecule has 2 aliphatic rings. The van der Waals surface area contributed by atoms with Gasteiger partial charge in [-0.1, -0.05) is 6.92 Å². The van der Waals surface area contributed by atoms with Crippen molar-refractivity contribution in [3.8, 4) is 0 Å². The summed E-state index contributed by atoms with van der Waals surface area (Å²) in [5.41, 5.74) is 2.02. The smallest absolute Gasteiger partial charge is 0.223 e. The Bertz CT molecular complexity index is 583. The van der Waals surface area contributed by atoms with Crippen LogP contribution in [0.5, 0.6) is 0 Å². The fourth-order valence-corrected chi connectivity index (χ4v) is 3.50. The molecule has 1 aromatic carbocycles. The highest BCUT2D eigenvalue weighted by Gasteiger charge is 2.31. The van der Waals surface area contributed by atoms with E-state index < -0.39 is 0 Å². The van der Waals surface area contributed by atoms with E-state index >= 15 is 0 Å². The summed E-state index contributed by atoms with van der Waals surface area (Å²) in [6.07, 6.45) is 2.05. The van der Waals surface area contributed by atoms with E-state index in [-0.39, 0.29) is 48.5 Å². The zero-order valence-electron chi connectivity index (χ0n) is 14.8. The highest BCUT2D eigenvalue weighted by Crippen LogP contribution is 2.25. The van der Waals surface area contributed by atoms with Crippen molar-refractivity contribution in [2.75, 3.05) is 31.1 Å². The summed E-state index contributed by atoms with van der Waals surface area (Å²) in [5.74, 6) is 0.503. The molecule has 1 aromatic rings. The maximum Gasteiger partial charge on any atom is 0.223 e. The largest absolute Gasteiger partial charge is 0.369 e. The van der Waals surface area contributed by atoms with E-state index in [9.17, 15) is 9.18 Å². The molecule has 4 nitrogen and oxygen atoms in total. The van der Waals surface area contributed by atoms with E-state index in [0.717, 1.165) is 50.3 Å². The zero-order valence-corrected chi connectivity index (χ0v) is 16.4. The van der Waals surface area contributed by atoms with Crippen LogP contribution in [0, 0.1) is 24.6 Å². The molecular weight excluding hydrogens is 364 g/mol. The van der Waals surface area contributed by atoms with Gasteiger partial charge in [-0.2, -0.15) is 0 Å². The number of hydrogen-bond donors (Lipinski definition) is 2. The molecule has 7 heteroatoms. The number of anilines is 1. The molecule has 0 spiro atoms. The van der Waals surface area contributed by atoms with Crippen LogP contribution in [-0.4, -0.2) is 38.1 Å². The Labute approximate surface area is 161 Å². The van der Waals surface area contributed by atoms with E-state index in [1.54, 1.807) is 6.07 Å². The number of amides is 1. The number of piperidine rings is 1. The standard InChI is InChI=1S/C18H26FN3O.2ClH/c1-12-8-15(19)5-6-17(12)22-7-3-4-16(11-22)21-18(23)13(2)14-9-20-10-14;;/h5-6,8,13-14,16,20H,3-4,7,9-11H2,1-2H3,(H,21,23);2*1H. The van der Waals surface area contributed by atoms with Crippen LogP contribution in [-0.2, 0) is 4.79 Å². The Kier molecular flexibility index (Phi) is 8.45. The monoisotopic (exact) mass is 391 g/mol. The van der Waals surface area contributed by atoms with Crippen LogP contribution >= 0.6 is 24.8 Å². The number of halogens is 3. The topological polar surface area (TPSA) is 44.4 Å². The Morgan fingerprint density at radius 2 is 2.08 bits per heavy atom. The van der Waals surface area contributed by atoms with E-state index in [4.69, 9.17) is 0 Å². The molecule has 2 unspecified atom stereocenters. The second-order valence-electron chi connectivity index (χ2n) is 6.93. The Morgan fingerprint density at radius 3 is 2.68 bits per heavy atom. The molecule has 2 heterocycles. The van der Waals surface area contributed by atoms with Crippen molar-refractivity contribution in [3.05, 3.63) is 29.6 Å². The van der Waals surface area contributed by atoms with Gasteiger partial charge in [0.05, 0.1) is 0 Å². The van der Waals surface area contributed by atoms with Gasteiger partial charge in [-0.05, 0) is 62.5 Å². The lowest BCUT2D eigenvalue weighted by Crippen LogP contribution is -2.53. The van der Waals surface area contributed by atoms with Gasteiger partial charge < -0.3 is 15.5 Å². The number of rotatable bonds is 4. The Morgan fingerprint density at radius 1 is 1.36 bits per heavy atom. The molecule has 0 radical (unpaired) electrons. The molecule has 2 fully saturated rings. The third-order valence-corrected chi connectivity index (χ3v) is 5.20. The normalized spacial score (nSPS) is 21.4. The minimum absolute atomic E-state index is 0. The SMILES string of the molecule is Cc1cc(F)ccc1N1CCCC(NC(=O)C(C)C2CNC2)C1.Cl.Cl. The first-order chi connectivity index (χ1) is 11.0. The summed E-state index contributed by atoms with van der Waals surface area (Å²) >= 11 is 0. The van der Waals surface area contributed by atoms with Gasteiger partial charge in [0.15, 0.2) is 0 Å². The summed E-state index contributed by atoms with van der Waals surface area (Å²) in [6.45, 7) is 7.60. The molecule has 1 amide bonds. The molecule has 0 bridgehead atoms. The number of nitrogens with one attached hydrogen (secondary N) is 2. The lowest BCUT2D eigenvalue weighted by molar-refractivity contribution is -0.127. The highest BCUT2D eigenvalue weighted by molar-refractivity contribution is 5.85. The third kappa shape index (κ3) is 5.22. The van der Waals surface area contributed by atoms with Gasteiger partial charge in [0.2, 0.25) is 5.91 Å². The maximum atomic E-state index is 13.3. The van der Waals surface area contributed by atoms with Crippen molar-refractivity contribution in [2.24, 2.45) is 11.8 Å². The van der Waals surface area contributed by atoms with Gasteiger partial charge in [0, 0.05) is 30.7 Å². The summed E-state index contributed by atoms with van der Waals surface area (Å²) in [7, 11) is 0. The first kappa shape index (κ1) is 22.0. The lowest BCUT2D eigenvalue weighted by Gasteiger charge is -2.37. The summed E-state index contributed by atoms with van der Waals surface area (Å²) in [6, 6.07) is 5.10. The molecular formula is C18H28Cl2FN3O. The molecule has 2 N–H and O–H groups in total. The molecule has 0 saturated carbocycles. The van der Waals surface area contributed by atoms with Crippen molar-refractivity contribution in [2.45, 2.75) is 32.7 Å². The zero-order chi connectivity index (χ0) is 16.4. The molecule has 0 aliphatic carbocycles. The third-order valence-electron chi connectivity index (χ3n) is 5.20. The minimum Gasteiger partial charge on any atom is -0.369 e. The van der Waals surface area contributed by atoms with Crippen LogP contribution in [0.25, 0.3) is 0 Å². The van der Waals surface area contributed by atoms with Crippen LogP contribution in [0.2, 0.25) is 0 Å². The van der Waals surface area contributed by atoms with Crippen molar-refractivity contribution >= 4 is 36.4 Å². The summed E-state index contributed by atoms with van der Waals surface area (Å²) in [5, 5.41) is 6.44. The average Bonchev–Trinajstić information content (AvgIpc) is 2.45. The van der Waals surface area contributed by atoms with E-state index in [1.165, 1.54) is 6.07 Å². The van der Waals surface area contributed by atoms with Crippen molar-refractivity contribution in [1.29, 1.82) is 0 Å². The van der Waals surface area contributed by atoms with Gasteiger partial charge >= 0.3 is 0 Å². The Hall–Kier alpha value is -1.04. The van der Waals surface area contributed by atoms with Gasteiger partial charge in [-0.25, -0.2) is 4.39 Å². The molecule has 0 aromatic heterocycles. The molecule has 25 heavy (non-hydrogen) atoms. The Balaban J connectivity index is 0.00000156. The van der Waals surface area contributed by atoms with Crippen molar-refractivity contribution in [1.82, 2.24) is 10.6 Å². The van der Waals surface area contributed by atoms with Crippen LogP contribution in [0.3, 0.4) is 0 Å². The number of aryl methyl sites for hydroxylation is 1. The number of benzene rings is 1. The second-order valence-corrected chi connectivity index (χ2v) is 6.93. The maximum absolute atomic E-state index is 13.3.